The summed E-state index contributed by atoms with van der Waals surface area (Å²) in [4.78, 5) is 0. The van der Waals surface area contributed by atoms with Crippen molar-refractivity contribution >= 4 is 11.6 Å². The Bertz CT molecular complexity index is 174. The molecule has 68 valence electrons. The molecule has 1 aromatic rings. The lowest BCUT2D eigenvalue weighted by molar-refractivity contribution is 0.343. The van der Waals surface area contributed by atoms with Crippen molar-refractivity contribution in [3.8, 4) is 5.75 Å². The molecule has 0 saturated carbocycles. The SMILES string of the molecule is CC.ClCCOc1ccccc1. The van der Waals surface area contributed by atoms with Gasteiger partial charge in [0.25, 0.3) is 0 Å². The molecule has 0 saturated heterocycles. The van der Waals surface area contributed by atoms with Crippen molar-refractivity contribution in [2.75, 3.05) is 12.5 Å². The van der Waals surface area contributed by atoms with Crippen LogP contribution in [0.3, 0.4) is 0 Å². The van der Waals surface area contributed by atoms with E-state index in [1.54, 1.807) is 0 Å². The van der Waals surface area contributed by atoms with Gasteiger partial charge in [-0.3, -0.25) is 0 Å². The highest BCUT2D eigenvalue weighted by Crippen LogP contribution is 2.07. The van der Waals surface area contributed by atoms with Gasteiger partial charge in [0.15, 0.2) is 0 Å². The monoisotopic (exact) mass is 186 g/mol. The minimum Gasteiger partial charge on any atom is -0.492 e. The second kappa shape index (κ2) is 8.41. The largest absolute Gasteiger partial charge is 0.492 e. The molecule has 0 fully saturated rings. The van der Waals surface area contributed by atoms with Gasteiger partial charge in [-0.2, -0.15) is 0 Å². The molecule has 0 amide bonds. The number of halogens is 1. The van der Waals surface area contributed by atoms with E-state index in [0.717, 1.165) is 5.75 Å². The molecule has 0 aliphatic heterocycles. The van der Waals surface area contributed by atoms with E-state index in [2.05, 4.69) is 0 Å². The van der Waals surface area contributed by atoms with E-state index >= 15 is 0 Å². The van der Waals surface area contributed by atoms with Crippen LogP contribution in [0.1, 0.15) is 13.8 Å². The Hall–Kier alpha value is -0.690. The van der Waals surface area contributed by atoms with Gasteiger partial charge in [0.2, 0.25) is 0 Å². The van der Waals surface area contributed by atoms with E-state index in [0.29, 0.717) is 12.5 Å². The van der Waals surface area contributed by atoms with Crippen molar-refractivity contribution in [2.45, 2.75) is 13.8 Å². The Morgan fingerprint density at radius 2 is 1.75 bits per heavy atom. The lowest BCUT2D eigenvalue weighted by Gasteiger charge is -2.00. The average Bonchev–Trinajstić information content (AvgIpc) is 2.19. The highest BCUT2D eigenvalue weighted by atomic mass is 35.5. The van der Waals surface area contributed by atoms with E-state index in [4.69, 9.17) is 16.3 Å². The van der Waals surface area contributed by atoms with Gasteiger partial charge in [-0.1, -0.05) is 32.0 Å². The molecule has 0 aliphatic rings. The van der Waals surface area contributed by atoms with Crippen molar-refractivity contribution in [2.24, 2.45) is 0 Å². The molecule has 1 rings (SSSR count). The van der Waals surface area contributed by atoms with Crippen LogP contribution in [0.25, 0.3) is 0 Å². The number of para-hydroxylation sites is 1. The van der Waals surface area contributed by atoms with Crippen molar-refractivity contribution in [1.29, 1.82) is 0 Å². The van der Waals surface area contributed by atoms with Crippen LogP contribution >= 0.6 is 11.6 Å². The van der Waals surface area contributed by atoms with Gasteiger partial charge in [0.1, 0.15) is 12.4 Å². The van der Waals surface area contributed by atoms with Crippen molar-refractivity contribution in [1.82, 2.24) is 0 Å². The average molecular weight is 187 g/mol. The third-order valence-electron chi connectivity index (χ3n) is 1.09. The molecule has 0 aliphatic carbocycles. The number of alkyl halides is 1. The van der Waals surface area contributed by atoms with Crippen molar-refractivity contribution in [3.05, 3.63) is 30.3 Å². The van der Waals surface area contributed by atoms with E-state index in [1.807, 2.05) is 44.2 Å². The standard InChI is InChI=1S/C8H9ClO.C2H6/c9-6-7-10-8-4-2-1-3-5-8;1-2/h1-5H,6-7H2;1-2H3. The second-order valence-corrected chi connectivity index (χ2v) is 2.23. The van der Waals surface area contributed by atoms with Crippen LogP contribution in [-0.4, -0.2) is 12.5 Å². The highest BCUT2D eigenvalue weighted by molar-refractivity contribution is 6.17. The third kappa shape index (κ3) is 5.03. The predicted molar refractivity (Wildman–Crippen MR) is 54.0 cm³/mol. The molecule has 12 heavy (non-hydrogen) atoms. The summed E-state index contributed by atoms with van der Waals surface area (Å²) >= 11 is 5.43. The molecule has 0 N–H and O–H groups in total. The van der Waals surface area contributed by atoms with Gasteiger partial charge in [0, 0.05) is 0 Å². The summed E-state index contributed by atoms with van der Waals surface area (Å²) in [7, 11) is 0. The molecule has 0 unspecified atom stereocenters. The molecule has 0 spiro atoms. The zero-order valence-electron chi connectivity index (χ0n) is 7.59. The van der Waals surface area contributed by atoms with Crippen LogP contribution in [-0.2, 0) is 0 Å². The summed E-state index contributed by atoms with van der Waals surface area (Å²) in [6.07, 6.45) is 0. The minimum atomic E-state index is 0.537. The summed E-state index contributed by atoms with van der Waals surface area (Å²) in [5.41, 5.74) is 0. The summed E-state index contributed by atoms with van der Waals surface area (Å²) in [5, 5.41) is 0. The Morgan fingerprint density at radius 1 is 1.17 bits per heavy atom. The van der Waals surface area contributed by atoms with E-state index in [9.17, 15) is 0 Å². The van der Waals surface area contributed by atoms with E-state index < -0.39 is 0 Å². The van der Waals surface area contributed by atoms with Gasteiger partial charge in [-0.05, 0) is 12.1 Å². The molecule has 2 heteroatoms. The van der Waals surface area contributed by atoms with Gasteiger partial charge >= 0.3 is 0 Å². The zero-order chi connectivity index (χ0) is 9.23. The Balaban J connectivity index is 0.000000561. The number of rotatable bonds is 3. The van der Waals surface area contributed by atoms with E-state index in [-0.39, 0.29) is 0 Å². The molecular formula is C10H15ClO. The number of hydrogen-bond acceptors (Lipinski definition) is 1. The van der Waals surface area contributed by atoms with Crippen molar-refractivity contribution < 1.29 is 4.74 Å². The Labute approximate surface area is 79.3 Å². The van der Waals surface area contributed by atoms with Gasteiger partial charge in [-0.15, -0.1) is 11.6 Å². The highest BCUT2D eigenvalue weighted by Gasteiger charge is 1.87. The Morgan fingerprint density at radius 3 is 2.25 bits per heavy atom. The van der Waals surface area contributed by atoms with Crippen LogP contribution < -0.4 is 4.74 Å². The topological polar surface area (TPSA) is 9.23 Å². The van der Waals surface area contributed by atoms with Crippen LogP contribution in [0.5, 0.6) is 5.75 Å². The fraction of sp³-hybridized carbons (Fsp3) is 0.400. The fourth-order valence-electron chi connectivity index (χ4n) is 0.673. The third-order valence-corrected chi connectivity index (χ3v) is 1.24. The normalized spacial score (nSPS) is 8.25. The van der Waals surface area contributed by atoms with Crippen LogP contribution in [0.15, 0.2) is 30.3 Å². The first-order valence-electron chi connectivity index (χ1n) is 4.17. The Kier molecular flexibility index (Phi) is 7.92. The molecular weight excluding hydrogens is 172 g/mol. The zero-order valence-corrected chi connectivity index (χ0v) is 8.34. The first-order valence-corrected chi connectivity index (χ1v) is 4.71. The first kappa shape index (κ1) is 11.3. The summed E-state index contributed by atoms with van der Waals surface area (Å²) in [6.45, 7) is 4.57. The molecule has 0 bridgehead atoms. The fourth-order valence-corrected chi connectivity index (χ4v) is 0.750. The molecule has 0 aromatic heterocycles. The lowest BCUT2D eigenvalue weighted by atomic mass is 10.3. The molecule has 1 nitrogen and oxygen atoms in total. The molecule has 0 radical (unpaired) electrons. The van der Waals surface area contributed by atoms with Crippen LogP contribution in [0, 0.1) is 0 Å². The maximum atomic E-state index is 5.43. The number of ether oxygens (including phenoxy) is 1. The second-order valence-electron chi connectivity index (χ2n) is 1.85. The number of hydrogen-bond donors (Lipinski definition) is 0. The maximum Gasteiger partial charge on any atom is 0.119 e. The van der Waals surface area contributed by atoms with Gasteiger partial charge in [0.05, 0.1) is 5.88 Å². The predicted octanol–water partition coefficient (Wildman–Crippen LogP) is 3.33. The van der Waals surface area contributed by atoms with Crippen LogP contribution in [0.2, 0.25) is 0 Å². The van der Waals surface area contributed by atoms with E-state index in [1.165, 1.54) is 0 Å². The summed E-state index contributed by atoms with van der Waals surface area (Å²) < 4.78 is 5.22. The van der Waals surface area contributed by atoms with Crippen molar-refractivity contribution in [3.63, 3.8) is 0 Å². The smallest absolute Gasteiger partial charge is 0.119 e. The van der Waals surface area contributed by atoms with Gasteiger partial charge < -0.3 is 4.74 Å². The molecule has 0 atom stereocenters. The molecule has 0 heterocycles. The number of benzene rings is 1. The summed E-state index contributed by atoms with van der Waals surface area (Å²) in [5.74, 6) is 1.41. The van der Waals surface area contributed by atoms with Crippen LogP contribution in [0.4, 0.5) is 0 Å². The summed E-state index contributed by atoms with van der Waals surface area (Å²) in [6, 6.07) is 9.64. The van der Waals surface area contributed by atoms with Gasteiger partial charge in [-0.25, -0.2) is 0 Å². The minimum absolute atomic E-state index is 0.537. The molecule has 1 aromatic carbocycles. The maximum absolute atomic E-state index is 5.43. The first-order chi connectivity index (χ1) is 5.93. The quantitative estimate of drug-likeness (QED) is 0.658. The lowest BCUT2D eigenvalue weighted by Crippen LogP contribution is -1.96.